The summed E-state index contributed by atoms with van der Waals surface area (Å²) in [6.45, 7) is 1.92. The lowest BCUT2D eigenvalue weighted by Gasteiger charge is -2.31. The topological polar surface area (TPSA) is 46.6 Å². The summed E-state index contributed by atoms with van der Waals surface area (Å²) >= 11 is 0. The fraction of sp³-hybridized carbons (Fsp3) is 0.846. The van der Waals surface area contributed by atoms with Crippen LogP contribution < -0.4 is 0 Å². The van der Waals surface area contributed by atoms with Crippen LogP contribution in [-0.4, -0.2) is 43.4 Å². The van der Waals surface area contributed by atoms with Crippen LogP contribution in [0.2, 0.25) is 0 Å². The van der Waals surface area contributed by atoms with Crippen molar-refractivity contribution in [2.24, 2.45) is 11.8 Å². The molecule has 1 saturated carbocycles. The van der Waals surface area contributed by atoms with E-state index in [9.17, 15) is 18.4 Å². The molecule has 0 aromatic carbocycles. The SMILES string of the molecule is COC(=O)C(C)CN(C)C(=O)C1CCC(F)(F)CC1. The zero-order valence-corrected chi connectivity index (χ0v) is 11.6. The van der Waals surface area contributed by atoms with Gasteiger partial charge in [0.2, 0.25) is 11.8 Å². The zero-order chi connectivity index (χ0) is 14.6. The monoisotopic (exact) mass is 277 g/mol. The Balaban J connectivity index is 2.47. The smallest absolute Gasteiger partial charge is 0.310 e. The lowest BCUT2D eigenvalue weighted by Crippen LogP contribution is -2.40. The molecule has 0 aromatic rings. The Bertz CT molecular complexity index is 337. The fourth-order valence-electron chi connectivity index (χ4n) is 2.38. The van der Waals surface area contributed by atoms with Crippen molar-refractivity contribution in [3.8, 4) is 0 Å². The highest BCUT2D eigenvalue weighted by atomic mass is 19.3. The third-order valence-corrected chi connectivity index (χ3v) is 3.59. The second-order valence-corrected chi connectivity index (χ2v) is 5.27. The van der Waals surface area contributed by atoms with Crippen molar-refractivity contribution in [3.05, 3.63) is 0 Å². The molecule has 1 amide bonds. The predicted molar refractivity (Wildman–Crippen MR) is 65.7 cm³/mol. The molecule has 1 unspecified atom stereocenters. The van der Waals surface area contributed by atoms with Gasteiger partial charge in [0.15, 0.2) is 0 Å². The second-order valence-electron chi connectivity index (χ2n) is 5.27. The first kappa shape index (κ1) is 15.9. The normalized spacial score (nSPS) is 20.7. The molecule has 0 aromatic heterocycles. The van der Waals surface area contributed by atoms with Gasteiger partial charge in [-0.25, -0.2) is 8.78 Å². The first-order chi connectivity index (χ1) is 8.76. The molecule has 1 rings (SSSR count). The summed E-state index contributed by atoms with van der Waals surface area (Å²) in [5.41, 5.74) is 0. The number of methoxy groups -OCH3 is 1. The van der Waals surface area contributed by atoms with Gasteiger partial charge in [-0.15, -0.1) is 0 Å². The molecule has 110 valence electrons. The van der Waals surface area contributed by atoms with E-state index in [1.165, 1.54) is 12.0 Å². The van der Waals surface area contributed by atoms with Crippen molar-refractivity contribution in [2.45, 2.75) is 38.5 Å². The molecule has 6 heteroatoms. The van der Waals surface area contributed by atoms with Crippen molar-refractivity contribution in [1.29, 1.82) is 0 Å². The van der Waals surface area contributed by atoms with Crippen LogP contribution in [0.1, 0.15) is 32.6 Å². The number of hydrogen-bond acceptors (Lipinski definition) is 3. The number of esters is 1. The van der Waals surface area contributed by atoms with Crippen molar-refractivity contribution >= 4 is 11.9 Å². The van der Waals surface area contributed by atoms with E-state index in [4.69, 9.17) is 0 Å². The van der Waals surface area contributed by atoms with Gasteiger partial charge < -0.3 is 9.64 Å². The maximum Gasteiger partial charge on any atom is 0.310 e. The van der Waals surface area contributed by atoms with Crippen LogP contribution in [0.4, 0.5) is 8.78 Å². The summed E-state index contributed by atoms with van der Waals surface area (Å²) in [7, 11) is 2.89. The van der Waals surface area contributed by atoms with E-state index in [0.29, 0.717) is 0 Å². The van der Waals surface area contributed by atoms with Gasteiger partial charge in [0.1, 0.15) is 0 Å². The fourth-order valence-corrected chi connectivity index (χ4v) is 2.38. The molecule has 1 aliphatic rings. The quantitative estimate of drug-likeness (QED) is 0.739. The minimum atomic E-state index is -2.63. The van der Waals surface area contributed by atoms with Crippen molar-refractivity contribution in [2.75, 3.05) is 20.7 Å². The van der Waals surface area contributed by atoms with Crippen LogP contribution in [0, 0.1) is 11.8 Å². The Kier molecular flexibility index (Phi) is 5.26. The van der Waals surface area contributed by atoms with E-state index in [0.717, 1.165) is 0 Å². The van der Waals surface area contributed by atoms with E-state index in [1.807, 2.05) is 0 Å². The zero-order valence-electron chi connectivity index (χ0n) is 11.6. The van der Waals surface area contributed by atoms with E-state index in [1.54, 1.807) is 14.0 Å². The minimum Gasteiger partial charge on any atom is -0.469 e. The largest absolute Gasteiger partial charge is 0.469 e. The van der Waals surface area contributed by atoms with Crippen LogP contribution in [0.25, 0.3) is 0 Å². The Labute approximate surface area is 112 Å². The van der Waals surface area contributed by atoms with E-state index in [2.05, 4.69) is 4.74 Å². The average Bonchev–Trinajstić information content (AvgIpc) is 2.36. The molecule has 19 heavy (non-hydrogen) atoms. The summed E-state index contributed by atoms with van der Waals surface area (Å²) in [5.74, 6) is -3.94. The van der Waals surface area contributed by atoms with Crippen LogP contribution in [-0.2, 0) is 14.3 Å². The summed E-state index contributed by atoms with van der Waals surface area (Å²) < 4.78 is 30.6. The molecule has 1 atom stereocenters. The first-order valence-corrected chi connectivity index (χ1v) is 6.47. The number of nitrogens with zero attached hydrogens (tertiary/aromatic N) is 1. The molecule has 0 aliphatic heterocycles. The predicted octanol–water partition coefficient (Wildman–Crippen LogP) is 2.08. The molecule has 1 aliphatic carbocycles. The maximum atomic E-state index is 13.0. The van der Waals surface area contributed by atoms with Gasteiger partial charge in [-0.3, -0.25) is 9.59 Å². The van der Waals surface area contributed by atoms with Gasteiger partial charge in [-0.2, -0.15) is 0 Å². The molecule has 0 bridgehead atoms. The van der Waals surface area contributed by atoms with Gasteiger partial charge in [-0.1, -0.05) is 6.92 Å². The highest BCUT2D eigenvalue weighted by Gasteiger charge is 2.38. The van der Waals surface area contributed by atoms with Gasteiger partial charge in [0, 0.05) is 32.4 Å². The van der Waals surface area contributed by atoms with Gasteiger partial charge >= 0.3 is 5.97 Å². The summed E-state index contributed by atoms with van der Waals surface area (Å²) in [4.78, 5) is 24.8. The molecule has 0 radical (unpaired) electrons. The molecular weight excluding hydrogens is 256 g/mol. The van der Waals surface area contributed by atoms with E-state index in [-0.39, 0.29) is 50.0 Å². The summed E-state index contributed by atoms with van der Waals surface area (Å²) in [6, 6.07) is 0. The van der Waals surface area contributed by atoms with Crippen LogP contribution in [0.3, 0.4) is 0 Å². The molecule has 0 saturated heterocycles. The van der Waals surface area contributed by atoms with E-state index < -0.39 is 11.8 Å². The number of ether oxygens (including phenoxy) is 1. The molecule has 0 spiro atoms. The molecular formula is C13H21F2NO3. The molecule has 1 fully saturated rings. The average molecular weight is 277 g/mol. The van der Waals surface area contributed by atoms with Crippen molar-refractivity contribution < 1.29 is 23.1 Å². The Morgan fingerprint density at radius 3 is 2.37 bits per heavy atom. The van der Waals surface area contributed by atoms with Gasteiger partial charge in [0.25, 0.3) is 0 Å². The van der Waals surface area contributed by atoms with Crippen LogP contribution >= 0.6 is 0 Å². The van der Waals surface area contributed by atoms with E-state index >= 15 is 0 Å². The number of rotatable bonds is 4. The number of amides is 1. The highest BCUT2D eigenvalue weighted by Crippen LogP contribution is 2.36. The van der Waals surface area contributed by atoms with Crippen LogP contribution in [0.5, 0.6) is 0 Å². The second kappa shape index (κ2) is 6.30. The van der Waals surface area contributed by atoms with Gasteiger partial charge in [0.05, 0.1) is 13.0 Å². The van der Waals surface area contributed by atoms with Gasteiger partial charge in [-0.05, 0) is 12.8 Å². The van der Waals surface area contributed by atoms with Crippen LogP contribution in [0.15, 0.2) is 0 Å². The highest BCUT2D eigenvalue weighted by molar-refractivity contribution is 5.79. The molecule has 0 heterocycles. The third kappa shape index (κ3) is 4.44. The third-order valence-electron chi connectivity index (χ3n) is 3.59. The number of carbonyl (C=O) groups is 2. The Morgan fingerprint density at radius 1 is 1.37 bits per heavy atom. The molecule has 4 nitrogen and oxygen atoms in total. The number of hydrogen-bond donors (Lipinski definition) is 0. The maximum absolute atomic E-state index is 13.0. The Hall–Kier alpha value is -1.20. The lowest BCUT2D eigenvalue weighted by molar-refractivity contribution is -0.147. The number of carbonyl (C=O) groups excluding carboxylic acids is 2. The number of alkyl halides is 2. The number of halogens is 2. The molecule has 0 N–H and O–H groups in total. The standard InChI is InChI=1S/C13H21F2NO3/c1-9(12(18)19-3)8-16(2)11(17)10-4-6-13(14,15)7-5-10/h9-10H,4-8H2,1-3H3. The first-order valence-electron chi connectivity index (χ1n) is 6.47. The van der Waals surface area contributed by atoms with Crippen molar-refractivity contribution in [1.82, 2.24) is 4.90 Å². The summed E-state index contributed by atoms with van der Waals surface area (Å²) in [5, 5.41) is 0. The minimum absolute atomic E-state index is 0.161. The summed E-state index contributed by atoms with van der Waals surface area (Å²) in [6.07, 6.45) is -0.0425. The van der Waals surface area contributed by atoms with Crippen molar-refractivity contribution in [3.63, 3.8) is 0 Å². The lowest BCUT2D eigenvalue weighted by atomic mass is 9.86. The Morgan fingerprint density at radius 2 is 1.89 bits per heavy atom.